The Balaban J connectivity index is 1.85. The van der Waals surface area contributed by atoms with Gasteiger partial charge in [0, 0.05) is 18.7 Å². The van der Waals surface area contributed by atoms with E-state index in [4.69, 9.17) is 9.15 Å². The third-order valence-electron chi connectivity index (χ3n) is 4.69. The van der Waals surface area contributed by atoms with E-state index in [1.54, 1.807) is 12.1 Å². The lowest BCUT2D eigenvalue weighted by atomic mass is 10.2. The molecule has 0 spiro atoms. The number of hydrogen-bond donors (Lipinski definition) is 0. The zero-order chi connectivity index (χ0) is 20.6. The van der Waals surface area contributed by atoms with Gasteiger partial charge in [-0.15, -0.1) is 0 Å². The molecule has 0 aliphatic carbocycles. The van der Waals surface area contributed by atoms with Crippen molar-refractivity contribution in [2.45, 2.75) is 36.0 Å². The molecule has 152 valence electrons. The minimum atomic E-state index is -4.01. The minimum Gasteiger partial charge on any atom is -0.419 e. The van der Waals surface area contributed by atoms with E-state index in [9.17, 15) is 12.8 Å². The van der Waals surface area contributed by atoms with Gasteiger partial charge in [-0.3, -0.25) is 0 Å². The van der Waals surface area contributed by atoms with Crippen molar-refractivity contribution in [3.05, 3.63) is 60.4 Å². The number of hydrogen-bond acceptors (Lipinski definition) is 6. The number of nitrogens with zero attached hydrogens (tertiary/aromatic N) is 2. The van der Waals surface area contributed by atoms with Gasteiger partial charge in [-0.05, 0) is 50.2 Å². The smallest absolute Gasteiger partial charge is 0.236 e. The summed E-state index contributed by atoms with van der Waals surface area (Å²) in [5, 5.41) is -0.177. The fourth-order valence-corrected chi connectivity index (χ4v) is 4.77. The molecule has 4 rings (SSSR count). The maximum atomic E-state index is 13.3. The number of oxazole rings is 1. The van der Waals surface area contributed by atoms with E-state index >= 15 is 0 Å². The van der Waals surface area contributed by atoms with Crippen molar-refractivity contribution in [2.75, 3.05) is 18.0 Å². The minimum absolute atomic E-state index is 0.0394. The third-order valence-corrected chi connectivity index (χ3v) is 6.35. The largest absolute Gasteiger partial charge is 0.419 e. The van der Waals surface area contributed by atoms with E-state index < -0.39 is 15.7 Å². The fourth-order valence-electron chi connectivity index (χ4n) is 3.45. The summed E-state index contributed by atoms with van der Waals surface area (Å²) in [5.41, 5.74) is 0.670. The SMILES string of the molecule is C[C@@H]1CN(c2oc(-c3ccccc3)nc2S(=O)(=O)c2ccc(F)cc2)C[C@H](C)O1. The molecule has 2 aromatic carbocycles. The first-order chi connectivity index (χ1) is 13.8. The molecule has 2 atom stereocenters. The van der Waals surface area contributed by atoms with Gasteiger partial charge in [0.05, 0.1) is 17.1 Å². The van der Waals surface area contributed by atoms with Crippen molar-refractivity contribution in [1.29, 1.82) is 0 Å². The van der Waals surface area contributed by atoms with Gasteiger partial charge in [0.2, 0.25) is 26.6 Å². The van der Waals surface area contributed by atoms with Crippen LogP contribution in [0.4, 0.5) is 10.3 Å². The Morgan fingerprint density at radius 2 is 1.62 bits per heavy atom. The summed E-state index contributed by atoms with van der Waals surface area (Å²) in [6, 6.07) is 13.8. The van der Waals surface area contributed by atoms with Crippen molar-refractivity contribution in [2.24, 2.45) is 0 Å². The summed E-state index contributed by atoms with van der Waals surface area (Å²) in [4.78, 5) is 6.15. The van der Waals surface area contributed by atoms with Crippen LogP contribution in [0.1, 0.15) is 13.8 Å². The average Bonchev–Trinajstić information content (AvgIpc) is 3.15. The highest BCUT2D eigenvalue weighted by molar-refractivity contribution is 7.91. The molecule has 1 aliphatic heterocycles. The molecule has 1 saturated heterocycles. The Bertz CT molecular complexity index is 1090. The molecule has 1 aromatic heterocycles. The highest BCUT2D eigenvalue weighted by Gasteiger charge is 2.34. The quantitative estimate of drug-likeness (QED) is 0.600. The molecule has 3 aromatic rings. The number of morpholine rings is 1. The van der Waals surface area contributed by atoms with Crippen molar-refractivity contribution in [3.63, 3.8) is 0 Å². The van der Waals surface area contributed by atoms with E-state index in [-0.39, 0.29) is 33.9 Å². The van der Waals surface area contributed by atoms with Gasteiger partial charge in [-0.2, -0.15) is 4.98 Å². The second-order valence-electron chi connectivity index (χ2n) is 7.12. The van der Waals surface area contributed by atoms with Crippen molar-refractivity contribution in [1.82, 2.24) is 4.98 Å². The van der Waals surface area contributed by atoms with Crippen LogP contribution in [0.2, 0.25) is 0 Å². The summed E-state index contributed by atoms with van der Waals surface area (Å²) in [7, 11) is -4.01. The lowest BCUT2D eigenvalue weighted by Gasteiger charge is -2.35. The Kier molecular flexibility index (Phi) is 5.14. The highest BCUT2D eigenvalue weighted by Crippen LogP contribution is 2.35. The van der Waals surface area contributed by atoms with Crippen LogP contribution in [0.15, 0.2) is 68.9 Å². The number of rotatable bonds is 4. The molecule has 2 heterocycles. The van der Waals surface area contributed by atoms with Gasteiger partial charge in [0.15, 0.2) is 0 Å². The summed E-state index contributed by atoms with van der Waals surface area (Å²) in [6.45, 7) is 4.79. The molecule has 1 aliphatic rings. The standard InChI is InChI=1S/C21H21FN2O4S/c1-14-12-24(13-15(2)27-14)21-20(23-19(28-21)16-6-4-3-5-7-16)29(25,26)18-10-8-17(22)9-11-18/h3-11,14-15H,12-13H2,1-2H3/t14-,15+. The fraction of sp³-hybridized carbons (Fsp3) is 0.286. The number of ether oxygens (including phenoxy) is 1. The second-order valence-corrected chi connectivity index (χ2v) is 8.98. The molecule has 1 fully saturated rings. The first-order valence-corrected chi connectivity index (χ1v) is 10.8. The molecule has 0 N–H and O–H groups in total. The molecule has 6 nitrogen and oxygen atoms in total. The Morgan fingerprint density at radius 3 is 2.24 bits per heavy atom. The van der Waals surface area contributed by atoms with Gasteiger partial charge >= 0.3 is 0 Å². The average molecular weight is 416 g/mol. The van der Waals surface area contributed by atoms with Crippen LogP contribution in [0.25, 0.3) is 11.5 Å². The van der Waals surface area contributed by atoms with Crippen molar-refractivity contribution in [3.8, 4) is 11.5 Å². The molecule has 0 saturated carbocycles. The second kappa shape index (κ2) is 7.61. The van der Waals surface area contributed by atoms with Crippen molar-refractivity contribution < 1.29 is 22.0 Å². The lowest BCUT2D eigenvalue weighted by molar-refractivity contribution is -0.00657. The molecular formula is C21H21FN2O4S. The van der Waals surface area contributed by atoms with Gasteiger partial charge in [0.1, 0.15) is 5.82 Å². The zero-order valence-electron chi connectivity index (χ0n) is 16.1. The maximum Gasteiger partial charge on any atom is 0.236 e. The van der Waals surface area contributed by atoms with Gasteiger partial charge in [-0.1, -0.05) is 18.2 Å². The molecule has 0 radical (unpaired) electrons. The molecule has 29 heavy (non-hydrogen) atoms. The molecule has 0 bridgehead atoms. The van der Waals surface area contributed by atoms with Crippen molar-refractivity contribution >= 4 is 15.7 Å². The number of aromatic nitrogens is 1. The predicted octanol–water partition coefficient (Wildman–Crippen LogP) is 3.93. The Hall–Kier alpha value is -2.71. The summed E-state index contributed by atoms with van der Waals surface area (Å²) < 4.78 is 51.7. The number of sulfone groups is 1. The Labute approximate surface area is 168 Å². The molecule has 8 heteroatoms. The van der Waals surface area contributed by atoms with Crippen LogP contribution in [0, 0.1) is 5.82 Å². The van der Waals surface area contributed by atoms with Gasteiger partial charge in [-0.25, -0.2) is 12.8 Å². The number of anilines is 1. The first-order valence-electron chi connectivity index (χ1n) is 9.32. The predicted molar refractivity (Wildman–Crippen MR) is 106 cm³/mol. The van der Waals surface area contributed by atoms with E-state index in [1.807, 2.05) is 36.9 Å². The maximum absolute atomic E-state index is 13.3. The van der Waals surface area contributed by atoms with Crippen LogP contribution in [0.5, 0.6) is 0 Å². The van der Waals surface area contributed by atoms with Gasteiger partial charge < -0.3 is 14.1 Å². The number of halogens is 1. The summed E-state index contributed by atoms with van der Waals surface area (Å²) in [6.07, 6.45) is -0.184. The highest BCUT2D eigenvalue weighted by atomic mass is 32.2. The monoisotopic (exact) mass is 416 g/mol. The van der Waals surface area contributed by atoms with E-state index in [0.717, 1.165) is 12.1 Å². The van der Waals surface area contributed by atoms with E-state index in [0.29, 0.717) is 18.7 Å². The molecular weight excluding hydrogens is 395 g/mol. The van der Waals surface area contributed by atoms with E-state index in [1.165, 1.54) is 12.1 Å². The summed E-state index contributed by atoms with van der Waals surface area (Å²) in [5.74, 6) is -0.117. The summed E-state index contributed by atoms with van der Waals surface area (Å²) >= 11 is 0. The van der Waals surface area contributed by atoms with Crippen LogP contribution in [-0.2, 0) is 14.6 Å². The van der Waals surface area contributed by atoms with Gasteiger partial charge in [0.25, 0.3) is 0 Å². The van der Waals surface area contributed by atoms with Crippen LogP contribution in [-0.4, -0.2) is 38.7 Å². The molecule has 0 unspecified atom stereocenters. The van der Waals surface area contributed by atoms with Crippen LogP contribution in [0.3, 0.4) is 0 Å². The lowest BCUT2D eigenvalue weighted by Crippen LogP contribution is -2.45. The van der Waals surface area contributed by atoms with Crippen LogP contribution < -0.4 is 4.90 Å². The van der Waals surface area contributed by atoms with E-state index in [2.05, 4.69) is 4.98 Å². The van der Waals surface area contributed by atoms with Crippen LogP contribution >= 0.6 is 0 Å². The number of benzene rings is 2. The molecule has 0 amide bonds. The Morgan fingerprint density at radius 1 is 1.00 bits per heavy atom. The zero-order valence-corrected chi connectivity index (χ0v) is 16.9. The normalized spacial score (nSPS) is 20.0. The topological polar surface area (TPSA) is 72.6 Å². The third kappa shape index (κ3) is 3.90. The first kappa shape index (κ1) is 19.6.